The van der Waals surface area contributed by atoms with E-state index in [1.807, 2.05) is 12.1 Å². The monoisotopic (exact) mass is 371 g/mol. The fourth-order valence-electron chi connectivity index (χ4n) is 2.16. The van der Waals surface area contributed by atoms with Gasteiger partial charge in [0.1, 0.15) is 16.6 Å². The zero-order chi connectivity index (χ0) is 18.5. The topological polar surface area (TPSA) is 65.5 Å². The Morgan fingerprint density at radius 3 is 2.42 bits per heavy atom. The Hall–Kier alpha value is -3.06. The summed E-state index contributed by atoms with van der Waals surface area (Å²) in [6.45, 7) is -0.431. The minimum absolute atomic E-state index is 0.132. The van der Waals surface area contributed by atoms with Crippen molar-refractivity contribution >= 4 is 23.1 Å². The van der Waals surface area contributed by atoms with E-state index in [0.717, 1.165) is 11.3 Å². The summed E-state index contributed by atoms with van der Waals surface area (Å²) >= 11 is 1.30. The lowest BCUT2D eigenvalue weighted by molar-refractivity contribution is 0.0470. The van der Waals surface area contributed by atoms with Crippen molar-refractivity contribution < 1.29 is 23.5 Å². The number of carbonyl (C=O) groups excluding carboxylic acids is 2. The summed E-state index contributed by atoms with van der Waals surface area (Å²) in [5, 5.41) is 2.23. The number of halogens is 1. The van der Waals surface area contributed by atoms with E-state index in [2.05, 4.69) is 4.98 Å². The van der Waals surface area contributed by atoms with E-state index in [9.17, 15) is 14.0 Å². The Kier molecular flexibility index (Phi) is 5.38. The van der Waals surface area contributed by atoms with Crippen LogP contribution in [0.25, 0.3) is 10.6 Å². The number of nitrogens with zero attached hydrogens (tertiary/aromatic N) is 1. The normalized spacial score (nSPS) is 10.4. The smallest absolute Gasteiger partial charge is 0.358 e. The van der Waals surface area contributed by atoms with Crippen LogP contribution in [-0.2, 0) is 4.74 Å². The molecule has 0 saturated carbocycles. The first-order valence-electron chi connectivity index (χ1n) is 7.62. The number of carbonyl (C=O) groups is 2. The van der Waals surface area contributed by atoms with Crippen LogP contribution in [0.3, 0.4) is 0 Å². The Morgan fingerprint density at radius 2 is 1.77 bits per heavy atom. The number of ketones is 1. The highest BCUT2D eigenvalue weighted by atomic mass is 32.1. The van der Waals surface area contributed by atoms with Gasteiger partial charge in [-0.3, -0.25) is 4.79 Å². The first-order valence-corrected chi connectivity index (χ1v) is 8.50. The van der Waals surface area contributed by atoms with Crippen molar-refractivity contribution in [1.29, 1.82) is 0 Å². The molecule has 0 amide bonds. The van der Waals surface area contributed by atoms with Crippen molar-refractivity contribution in [1.82, 2.24) is 4.98 Å². The van der Waals surface area contributed by atoms with Gasteiger partial charge in [0.05, 0.1) is 7.11 Å². The number of ether oxygens (including phenoxy) is 2. The average Bonchev–Trinajstić information content (AvgIpc) is 3.17. The molecule has 0 spiro atoms. The van der Waals surface area contributed by atoms with E-state index in [1.165, 1.54) is 35.6 Å². The number of aromatic nitrogens is 1. The summed E-state index contributed by atoms with van der Waals surface area (Å²) in [7, 11) is 1.58. The highest BCUT2D eigenvalue weighted by molar-refractivity contribution is 7.13. The number of benzene rings is 2. The maximum atomic E-state index is 12.9. The zero-order valence-electron chi connectivity index (χ0n) is 13.8. The second-order valence-electron chi connectivity index (χ2n) is 5.27. The minimum atomic E-state index is -0.684. The fourth-order valence-corrected chi connectivity index (χ4v) is 2.95. The zero-order valence-corrected chi connectivity index (χ0v) is 14.6. The van der Waals surface area contributed by atoms with Gasteiger partial charge < -0.3 is 9.47 Å². The van der Waals surface area contributed by atoms with Crippen molar-refractivity contribution in [3.63, 3.8) is 0 Å². The molecule has 0 aliphatic carbocycles. The molecule has 0 radical (unpaired) electrons. The van der Waals surface area contributed by atoms with E-state index >= 15 is 0 Å². The Bertz CT molecular complexity index is 919. The van der Waals surface area contributed by atoms with Gasteiger partial charge in [0.25, 0.3) is 0 Å². The molecule has 5 nitrogen and oxygen atoms in total. The van der Waals surface area contributed by atoms with Crippen LogP contribution in [0.4, 0.5) is 4.39 Å². The van der Waals surface area contributed by atoms with E-state index in [0.29, 0.717) is 5.01 Å². The van der Waals surface area contributed by atoms with Crippen LogP contribution in [0.2, 0.25) is 0 Å². The van der Waals surface area contributed by atoms with Crippen LogP contribution in [0.5, 0.6) is 5.75 Å². The third kappa shape index (κ3) is 4.12. The summed E-state index contributed by atoms with van der Waals surface area (Å²) in [6.07, 6.45) is 0. The summed E-state index contributed by atoms with van der Waals surface area (Å²) in [4.78, 5) is 28.3. The molecular formula is C19H14FNO4S. The van der Waals surface area contributed by atoms with Gasteiger partial charge in [-0.25, -0.2) is 14.2 Å². The molecule has 3 aromatic rings. The molecule has 0 N–H and O–H groups in total. The lowest BCUT2D eigenvalue weighted by atomic mass is 10.1. The molecule has 2 aromatic carbocycles. The van der Waals surface area contributed by atoms with Crippen molar-refractivity contribution in [2.75, 3.05) is 13.7 Å². The molecule has 1 aromatic heterocycles. The predicted octanol–water partition coefficient (Wildman–Crippen LogP) is 4.00. The summed E-state index contributed by atoms with van der Waals surface area (Å²) < 4.78 is 23.0. The molecule has 0 atom stereocenters. The van der Waals surface area contributed by atoms with E-state index in [-0.39, 0.29) is 11.3 Å². The van der Waals surface area contributed by atoms with Crippen LogP contribution < -0.4 is 4.74 Å². The van der Waals surface area contributed by atoms with E-state index in [4.69, 9.17) is 9.47 Å². The highest BCUT2D eigenvalue weighted by Crippen LogP contribution is 2.26. The van der Waals surface area contributed by atoms with Gasteiger partial charge in [-0.05, 0) is 48.5 Å². The molecule has 0 unspecified atom stereocenters. The van der Waals surface area contributed by atoms with Crippen LogP contribution >= 0.6 is 11.3 Å². The molecule has 0 saturated heterocycles. The van der Waals surface area contributed by atoms with Crippen LogP contribution in [0.1, 0.15) is 20.8 Å². The molecule has 1 heterocycles. The van der Waals surface area contributed by atoms with Gasteiger partial charge in [0, 0.05) is 16.5 Å². The third-order valence-corrected chi connectivity index (χ3v) is 4.44. The number of thiazole rings is 1. The quantitative estimate of drug-likeness (QED) is 0.484. The molecule has 0 aliphatic heterocycles. The number of rotatable bonds is 6. The summed E-state index contributed by atoms with van der Waals surface area (Å²) in [6, 6.07) is 12.3. The van der Waals surface area contributed by atoms with Crippen molar-refractivity contribution in [3.05, 3.63) is 71.0 Å². The van der Waals surface area contributed by atoms with E-state index < -0.39 is 24.2 Å². The average molecular weight is 371 g/mol. The molecule has 3 rings (SSSR count). The molecular weight excluding hydrogens is 357 g/mol. The van der Waals surface area contributed by atoms with Gasteiger partial charge in [-0.15, -0.1) is 11.3 Å². The lowest BCUT2D eigenvalue weighted by Crippen LogP contribution is -2.14. The summed E-state index contributed by atoms with van der Waals surface area (Å²) in [5.41, 5.74) is 1.25. The van der Waals surface area contributed by atoms with Crippen LogP contribution in [0, 0.1) is 5.82 Å². The van der Waals surface area contributed by atoms with Crippen molar-refractivity contribution in [3.8, 4) is 16.3 Å². The molecule has 0 bridgehead atoms. The molecule has 0 fully saturated rings. The maximum Gasteiger partial charge on any atom is 0.358 e. The standard InChI is InChI=1S/C19H14FNO4S/c1-24-15-8-4-13(5-9-15)18-21-16(11-26-18)19(23)25-10-17(22)12-2-6-14(20)7-3-12/h2-9,11H,10H2,1H3. The largest absolute Gasteiger partial charge is 0.497 e. The van der Waals surface area contributed by atoms with Gasteiger partial charge >= 0.3 is 5.97 Å². The number of esters is 1. The first kappa shape index (κ1) is 17.8. The number of hydrogen-bond donors (Lipinski definition) is 0. The minimum Gasteiger partial charge on any atom is -0.497 e. The van der Waals surface area contributed by atoms with Crippen molar-refractivity contribution in [2.24, 2.45) is 0 Å². The lowest BCUT2D eigenvalue weighted by Gasteiger charge is -2.03. The first-order chi connectivity index (χ1) is 12.6. The molecule has 26 heavy (non-hydrogen) atoms. The SMILES string of the molecule is COc1ccc(-c2nc(C(=O)OCC(=O)c3ccc(F)cc3)cs2)cc1. The van der Waals surface area contributed by atoms with Crippen molar-refractivity contribution in [2.45, 2.75) is 0 Å². The second-order valence-corrected chi connectivity index (χ2v) is 6.13. The second kappa shape index (κ2) is 7.88. The Labute approximate surface area is 153 Å². The number of Topliss-reactive ketones (excluding diaryl/α,β-unsaturated/α-hetero) is 1. The molecule has 7 heteroatoms. The van der Waals surface area contributed by atoms with E-state index in [1.54, 1.807) is 24.6 Å². The Balaban J connectivity index is 1.62. The summed E-state index contributed by atoms with van der Waals surface area (Å²) in [5.74, 6) is -0.809. The number of methoxy groups -OCH3 is 1. The third-order valence-electron chi connectivity index (χ3n) is 3.55. The van der Waals surface area contributed by atoms with Gasteiger partial charge in [0.2, 0.25) is 0 Å². The molecule has 132 valence electrons. The number of hydrogen-bond acceptors (Lipinski definition) is 6. The van der Waals surface area contributed by atoms with Gasteiger partial charge in [-0.1, -0.05) is 0 Å². The van der Waals surface area contributed by atoms with Crippen LogP contribution in [-0.4, -0.2) is 30.5 Å². The molecule has 0 aliphatic rings. The van der Waals surface area contributed by atoms with Gasteiger partial charge in [0.15, 0.2) is 18.1 Å². The highest BCUT2D eigenvalue weighted by Gasteiger charge is 2.16. The predicted molar refractivity (Wildman–Crippen MR) is 95.1 cm³/mol. The fraction of sp³-hybridized carbons (Fsp3) is 0.105. The van der Waals surface area contributed by atoms with Gasteiger partial charge in [-0.2, -0.15) is 0 Å². The maximum absolute atomic E-state index is 12.9. The van der Waals surface area contributed by atoms with Crippen LogP contribution in [0.15, 0.2) is 53.9 Å². The Morgan fingerprint density at radius 1 is 1.08 bits per heavy atom.